The van der Waals surface area contributed by atoms with E-state index in [1.165, 1.54) is 0 Å². The highest BCUT2D eigenvalue weighted by atomic mass is 31.2. The average molecular weight is 488 g/mol. The second kappa shape index (κ2) is 15.5. The van der Waals surface area contributed by atoms with Gasteiger partial charge in [-0.15, -0.1) is 0 Å². The van der Waals surface area contributed by atoms with Crippen molar-refractivity contribution < 1.29 is 37.1 Å². The highest BCUT2D eigenvalue weighted by molar-refractivity contribution is 7.52. The molecular weight excluding hydrogens is 446 g/mol. The van der Waals surface area contributed by atoms with Crippen molar-refractivity contribution in [2.45, 2.75) is 105 Å². The third-order valence-corrected chi connectivity index (χ3v) is 7.50. The van der Waals surface area contributed by atoms with Crippen LogP contribution in [-0.4, -0.2) is 48.6 Å². The zero-order valence-corrected chi connectivity index (χ0v) is 21.7. The van der Waals surface area contributed by atoms with Crippen LogP contribution in [0, 0.1) is 0 Å². The SMILES string of the molecule is CCCCOP(=O)(N[C@@H](CCCCNP(=O)(OC(C)C)OC(C)C)C(=O)O)OC(C)C. The zero-order chi connectivity index (χ0) is 24.1. The largest absolute Gasteiger partial charge is 0.480 e. The summed E-state index contributed by atoms with van der Waals surface area (Å²) in [6.07, 6.45) is 1.77. The molecule has 31 heavy (non-hydrogen) atoms. The summed E-state index contributed by atoms with van der Waals surface area (Å²) in [6.45, 7) is 13.0. The second-order valence-electron chi connectivity index (χ2n) is 8.07. The minimum absolute atomic E-state index is 0.194. The summed E-state index contributed by atoms with van der Waals surface area (Å²) < 4.78 is 47.3. The van der Waals surface area contributed by atoms with Crippen molar-refractivity contribution in [2.24, 2.45) is 0 Å². The van der Waals surface area contributed by atoms with E-state index in [2.05, 4.69) is 10.2 Å². The molecular formula is C19H42N2O8P2. The summed E-state index contributed by atoms with van der Waals surface area (Å²) in [5.74, 6) is -1.14. The molecule has 12 heteroatoms. The third-order valence-electron chi connectivity index (χ3n) is 3.64. The highest BCUT2D eigenvalue weighted by Gasteiger charge is 2.33. The molecule has 0 aliphatic rings. The molecule has 10 nitrogen and oxygen atoms in total. The Labute approximate surface area is 187 Å². The number of rotatable bonds is 19. The van der Waals surface area contributed by atoms with E-state index < -0.39 is 33.6 Å². The van der Waals surface area contributed by atoms with Crippen LogP contribution >= 0.6 is 15.5 Å². The smallest absolute Gasteiger partial charge is 0.406 e. The highest BCUT2D eigenvalue weighted by Crippen LogP contribution is 2.47. The van der Waals surface area contributed by atoms with Crippen LogP contribution in [0.15, 0.2) is 0 Å². The lowest BCUT2D eigenvalue weighted by Gasteiger charge is -2.25. The average Bonchev–Trinajstić information content (AvgIpc) is 2.58. The minimum atomic E-state index is -3.76. The van der Waals surface area contributed by atoms with Crippen molar-refractivity contribution in [3.63, 3.8) is 0 Å². The number of nitrogens with one attached hydrogen (secondary N) is 2. The Bertz CT molecular complexity index is 587. The van der Waals surface area contributed by atoms with Gasteiger partial charge in [-0.05, 0) is 60.8 Å². The molecule has 0 aromatic carbocycles. The molecule has 0 amide bonds. The van der Waals surface area contributed by atoms with Gasteiger partial charge < -0.3 is 5.11 Å². The summed E-state index contributed by atoms with van der Waals surface area (Å²) >= 11 is 0. The van der Waals surface area contributed by atoms with Gasteiger partial charge in [-0.25, -0.2) is 19.3 Å². The topological polar surface area (TPSA) is 132 Å². The number of aliphatic carboxylic acids is 1. The normalized spacial score (nSPS) is 15.5. The molecule has 0 aliphatic carbocycles. The van der Waals surface area contributed by atoms with E-state index in [-0.39, 0.29) is 25.2 Å². The van der Waals surface area contributed by atoms with Crippen LogP contribution in [0.5, 0.6) is 0 Å². The van der Waals surface area contributed by atoms with Crippen LogP contribution in [0.25, 0.3) is 0 Å². The molecule has 1 unspecified atom stereocenters. The van der Waals surface area contributed by atoms with Gasteiger partial charge in [0.05, 0.1) is 24.9 Å². The maximum Gasteiger partial charge on any atom is 0.406 e. The van der Waals surface area contributed by atoms with E-state index in [0.29, 0.717) is 25.8 Å². The quantitative estimate of drug-likeness (QED) is 0.167. The van der Waals surface area contributed by atoms with Crippen molar-refractivity contribution in [3.8, 4) is 0 Å². The Morgan fingerprint density at radius 2 is 1.39 bits per heavy atom. The molecule has 0 saturated carbocycles. The lowest BCUT2D eigenvalue weighted by Crippen LogP contribution is -2.36. The second-order valence-corrected chi connectivity index (χ2v) is 11.5. The van der Waals surface area contributed by atoms with Crippen LogP contribution in [-0.2, 0) is 32.0 Å². The van der Waals surface area contributed by atoms with E-state index in [1.807, 2.05) is 6.92 Å². The molecule has 0 spiro atoms. The van der Waals surface area contributed by atoms with Crippen LogP contribution < -0.4 is 10.2 Å². The monoisotopic (exact) mass is 488 g/mol. The van der Waals surface area contributed by atoms with Gasteiger partial charge in [0.15, 0.2) is 0 Å². The predicted octanol–water partition coefficient (Wildman–Crippen LogP) is 5.10. The standard InChI is InChI=1S/C19H42N2O8P2/c1-8-9-14-26-31(25,29-17(6)7)21-18(19(22)23)12-10-11-13-20-30(24,27-15(2)3)28-16(4)5/h15-18H,8-14H2,1-7H3,(H,20,24)(H,21,25)(H,22,23)/t18-,31?/m0/s1. The van der Waals surface area contributed by atoms with Gasteiger partial charge in [0.1, 0.15) is 6.04 Å². The number of hydrogen-bond acceptors (Lipinski definition) is 7. The van der Waals surface area contributed by atoms with Crippen molar-refractivity contribution >= 4 is 21.5 Å². The molecule has 0 radical (unpaired) electrons. The first-order chi connectivity index (χ1) is 14.3. The van der Waals surface area contributed by atoms with Gasteiger partial charge in [-0.2, -0.15) is 0 Å². The molecule has 0 saturated heterocycles. The Morgan fingerprint density at radius 1 is 0.871 bits per heavy atom. The predicted molar refractivity (Wildman–Crippen MR) is 121 cm³/mol. The number of carbonyl (C=O) groups is 1. The Kier molecular flexibility index (Phi) is 15.4. The molecule has 0 aromatic heterocycles. The maximum atomic E-state index is 12.9. The van der Waals surface area contributed by atoms with Gasteiger partial charge in [-0.3, -0.25) is 22.9 Å². The van der Waals surface area contributed by atoms with E-state index in [1.54, 1.807) is 41.5 Å². The van der Waals surface area contributed by atoms with Gasteiger partial charge in [-0.1, -0.05) is 19.8 Å². The summed E-state index contributed by atoms with van der Waals surface area (Å²) in [6, 6.07) is -1.10. The summed E-state index contributed by atoms with van der Waals surface area (Å²) in [7, 11) is -7.21. The number of hydrogen-bond donors (Lipinski definition) is 3. The van der Waals surface area contributed by atoms with Gasteiger partial charge in [0.2, 0.25) is 0 Å². The summed E-state index contributed by atoms with van der Waals surface area (Å²) in [5.41, 5.74) is 0. The van der Waals surface area contributed by atoms with Gasteiger partial charge >= 0.3 is 21.5 Å². The van der Waals surface area contributed by atoms with E-state index >= 15 is 0 Å². The molecule has 0 aromatic rings. The van der Waals surface area contributed by atoms with Crippen LogP contribution in [0.2, 0.25) is 0 Å². The number of carboxylic acids is 1. The lowest BCUT2D eigenvalue weighted by atomic mass is 10.1. The Hall–Kier alpha value is -0.310. The van der Waals surface area contributed by atoms with E-state index in [0.717, 1.165) is 6.42 Å². The summed E-state index contributed by atoms with van der Waals surface area (Å²) in [4.78, 5) is 11.7. The zero-order valence-electron chi connectivity index (χ0n) is 20.0. The molecule has 3 N–H and O–H groups in total. The molecule has 0 rings (SSSR count). The fourth-order valence-electron chi connectivity index (χ4n) is 2.48. The molecule has 0 fully saturated rings. The molecule has 0 aliphatic heterocycles. The van der Waals surface area contributed by atoms with E-state index in [9.17, 15) is 19.0 Å². The van der Waals surface area contributed by atoms with Crippen LogP contribution in [0.1, 0.15) is 80.6 Å². The molecule has 2 atom stereocenters. The first-order valence-corrected chi connectivity index (χ1v) is 14.1. The number of carboxylic acid groups (broad SMARTS) is 1. The first kappa shape index (κ1) is 30.7. The maximum absolute atomic E-state index is 12.9. The number of unbranched alkanes of at least 4 members (excludes halogenated alkanes) is 2. The van der Waals surface area contributed by atoms with Crippen LogP contribution in [0.4, 0.5) is 0 Å². The van der Waals surface area contributed by atoms with Crippen LogP contribution in [0.3, 0.4) is 0 Å². The first-order valence-electron chi connectivity index (χ1n) is 11.0. The Morgan fingerprint density at radius 3 is 1.84 bits per heavy atom. The van der Waals surface area contributed by atoms with Crippen molar-refractivity contribution in [3.05, 3.63) is 0 Å². The van der Waals surface area contributed by atoms with Crippen molar-refractivity contribution in [1.82, 2.24) is 10.2 Å². The van der Waals surface area contributed by atoms with Crippen molar-refractivity contribution in [2.75, 3.05) is 13.2 Å². The third kappa shape index (κ3) is 15.2. The molecule has 186 valence electrons. The van der Waals surface area contributed by atoms with Crippen molar-refractivity contribution in [1.29, 1.82) is 0 Å². The summed E-state index contributed by atoms with van der Waals surface area (Å²) in [5, 5.41) is 14.9. The molecule has 0 bridgehead atoms. The van der Waals surface area contributed by atoms with Gasteiger partial charge in [0.25, 0.3) is 0 Å². The minimum Gasteiger partial charge on any atom is -0.480 e. The Balaban J connectivity index is 4.78. The van der Waals surface area contributed by atoms with Gasteiger partial charge in [0, 0.05) is 6.54 Å². The van der Waals surface area contributed by atoms with E-state index in [4.69, 9.17) is 18.1 Å². The fourth-order valence-corrected chi connectivity index (χ4v) is 5.97. The molecule has 0 heterocycles. The fraction of sp³-hybridized carbons (Fsp3) is 0.947. The lowest BCUT2D eigenvalue weighted by molar-refractivity contribution is -0.139.